The second kappa shape index (κ2) is 12.4. The molecule has 0 amide bonds. The highest BCUT2D eigenvalue weighted by Gasteiger charge is 2.61. The molecule has 4 fully saturated rings. The minimum Gasteiger partial charge on any atom is -0.0622 e. The van der Waals surface area contributed by atoms with Crippen LogP contribution < -0.4 is 0 Å². The minimum atomic E-state index is 0.144. The van der Waals surface area contributed by atoms with E-state index in [9.17, 15) is 0 Å². The lowest BCUT2D eigenvalue weighted by Gasteiger charge is -2.61. The largest absolute Gasteiger partial charge is 0.0622 e. The SMILES string of the molecule is c1ccc(-c2ccc(-c3ccc(-c4c5ccccc5c(-c5ccc6c(c5)-c5cc7ccccc7cc5C65C6CC7CC(C6)CC5C7)c5ccccc45)cc3)cc2)cc1. The average molecular weight is 741 g/mol. The summed E-state index contributed by atoms with van der Waals surface area (Å²) in [6.45, 7) is 0. The molecule has 0 heteroatoms. The van der Waals surface area contributed by atoms with Crippen molar-refractivity contribution >= 4 is 32.3 Å². The molecule has 0 atom stereocenters. The molecule has 58 heavy (non-hydrogen) atoms. The molecule has 0 N–H and O–H groups in total. The summed E-state index contributed by atoms with van der Waals surface area (Å²) in [4.78, 5) is 0. The topological polar surface area (TPSA) is 0 Å². The van der Waals surface area contributed by atoms with Crippen molar-refractivity contribution in [3.05, 3.63) is 193 Å². The molecule has 5 aliphatic carbocycles. The van der Waals surface area contributed by atoms with Crippen LogP contribution in [0.3, 0.4) is 0 Å². The molecule has 9 aromatic carbocycles. The lowest BCUT2D eigenvalue weighted by Crippen LogP contribution is -2.55. The molecule has 1 spiro atoms. The number of benzene rings is 9. The molecule has 276 valence electrons. The maximum Gasteiger partial charge on any atom is 0.0272 e. The number of hydrogen-bond donors (Lipinski definition) is 0. The zero-order valence-electron chi connectivity index (χ0n) is 32.7. The zero-order valence-corrected chi connectivity index (χ0v) is 32.7. The zero-order chi connectivity index (χ0) is 38.0. The smallest absolute Gasteiger partial charge is 0.0272 e. The Morgan fingerprint density at radius 2 is 0.724 bits per heavy atom. The molecule has 0 radical (unpaired) electrons. The van der Waals surface area contributed by atoms with E-state index in [1.165, 1.54) is 120 Å². The van der Waals surface area contributed by atoms with Gasteiger partial charge in [-0.3, -0.25) is 0 Å². The predicted octanol–water partition coefficient (Wildman–Crippen LogP) is 15.5. The van der Waals surface area contributed by atoms with Crippen molar-refractivity contribution in [2.75, 3.05) is 0 Å². The van der Waals surface area contributed by atoms with Gasteiger partial charge in [-0.15, -0.1) is 0 Å². The first kappa shape index (κ1) is 32.8. The monoisotopic (exact) mass is 740 g/mol. The molecule has 4 saturated carbocycles. The van der Waals surface area contributed by atoms with Gasteiger partial charge in [0, 0.05) is 5.41 Å². The molecule has 0 heterocycles. The van der Waals surface area contributed by atoms with E-state index in [2.05, 4.69) is 182 Å². The molecule has 4 bridgehead atoms. The van der Waals surface area contributed by atoms with Crippen LogP contribution in [-0.4, -0.2) is 0 Å². The first-order chi connectivity index (χ1) is 28.7. The first-order valence-electron chi connectivity index (χ1n) is 21.6. The summed E-state index contributed by atoms with van der Waals surface area (Å²) in [6, 6.07) is 69.1. The van der Waals surface area contributed by atoms with Crippen molar-refractivity contribution in [2.24, 2.45) is 23.7 Å². The Bertz CT molecular complexity index is 3010. The van der Waals surface area contributed by atoms with Crippen LogP contribution in [0.25, 0.3) is 88.0 Å². The highest BCUT2D eigenvalue weighted by atomic mass is 14.6. The Morgan fingerprint density at radius 3 is 1.28 bits per heavy atom. The summed E-state index contributed by atoms with van der Waals surface area (Å²) in [5.74, 6) is 3.35. The van der Waals surface area contributed by atoms with Gasteiger partial charge in [-0.05, 0) is 173 Å². The molecule has 0 saturated heterocycles. The number of hydrogen-bond acceptors (Lipinski definition) is 0. The second-order valence-electron chi connectivity index (χ2n) is 18.0. The summed E-state index contributed by atoms with van der Waals surface area (Å²) >= 11 is 0. The van der Waals surface area contributed by atoms with Gasteiger partial charge in [0.2, 0.25) is 0 Å². The first-order valence-corrected chi connectivity index (χ1v) is 21.6. The Morgan fingerprint density at radius 1 is 0.310 bits per heavy atom. The van der Waals surface area contributed by atoms with E-state index in [1.54, 1.807) is 11.1 Å². The van der Waals surface area contributed by atoms with Gasteiger partial charge >= 0.3 is 0 Å². The Balaban J connectivity index is 0.967. The van der Waals surface area contributed by atoms with Crippen molar-refractivity contribution in [2.45, 2.75) is 37.5 Å². The Labute approximate surface area is 340 Å². The fourth-order valence-electron chi connectivity index (χ4n) is 13.1. The fourth-order valence-corrected chi connectivity index (χ4v) is 13.1. The maximum absolute atomic E-state index is 2.62. The van der Waals surface area contributed by atoms with E-state index in [1.807, 2.05) is 0 Å². The number of rotatable bonds is 4. The van der Waals surface area contributed by atoms with Gasteiger partial charge in [-0.1, -0.05) is 164 Å². The van der Waals surface area contributed by atoms with Crippen molar-refractivity contribution in [1.29, 1.82) is 0 Å². The molecular formula is C58H44. The summed E-state index contributed by atoms with van der Waals surface area (Å²) in [5, 5.41) is 8.00. The highest BCUT2D eigenvalue weighted by Crippen LogP contribution is 2.70. The van der Waals surface area contributed by atoms with Crippen LogP contribution >= 0.6 is 0 Å². The molecule has 5 aliphatic rings. The minimum absolute atomic E-state index is 0.144. The third-order valence-corrected chi connectivity index (χ3v) is 15.2. The quantitative estimate of drug-likeness (QED) is 0.158. The van der Waals surface area contributed by atoms with Crippen molar-refractivity contribution < 1.29 is 0 Å². The Hall–Kier alpha value is -6.24. The van der Waals surface area contributed by atoms with E-state index in [-0.39, 0.29) is 5.41 Å². The van der Waals surface area contributed by atoms with Crippen LogP contribution in [0.4, 0.5) is 0 Å². The van der Waals surface area contributed by atoms with E-state index < -0.39 is 0 Å². The van der Waals surface area contributed by atoms with Crippen LogP contribution in [-0.2, 0) is 5.41 Å². The van der Waals surface area contributed by atoms with Gasteiger partial charge in [0.25, 0.3) is 0 Å². The van der Waals surface area contributed by atoms with E-state index in [0.29, 0.717) is 0 Å². The lowest BCUT2D eigenvalue weighted by molar-refractivity contribution is -0.0398. The molecule has 0 aliphatic heterocycles. The summed E-state index contributed by atoms with van der Waals surface area (Å²) in [7, 11) is 0. The molecule has 9 aromatic rings. The van der Waals surface area contributed by atoms with Crippen LogP contribution in [0.5, 0.6) is 0 Å². The van der Waals surface area contributed by atoms with Crippen LogP contribution in [0.15, 0.2) is 182 Å². The van der Waals surface area contributed by atoms with Gasteiger partial charge in [0.05, 0.1) is 0 Å². The van der Waals surface area contributed by atoms with E-state index in [4.69, 9.17) is 0 Å². The molecular weight excluding hydrogens is 697 g/mol. The molecule has 0 aromatic heterocycles. The number of fused-ring (bicyclic) bond motifs is 6. The lowest BCUT2D eigenvalue weighted by atomic mass is 9.43. The highest BCUT2D eigenvalue weighted by molar-refractivity contribution is 6.21. The average Bonchev–Trinajstić information content (AvgIpc) is 3.55. The predicted molar refractivity (Wildman–Crippen MR) is 244 cm³/mol. The Kier molecular flexibility index (Phi) is 7.00. The molecule has 14 rings (SSSR count). The van der Waals surface area contributed by atoms with E-state index in [0.717, 1.165) is 23.7 Å². The summed E-state index contributed by atoms with van der Waals surface area (Å²) in [6.07, 6.45) is 7.08. The third kappa shape index (κ3) is 4.64. The summed E-state index contributed by atoms with van der Waals surface area (Å²) < 4.78 is 0. The fraction of sp³-hybridized carbons (Fsp3) is 0.172. The maximum atomic E-state index is 2.62. The van der Waals surface area contributed by atoms with Crippen LogP contribution in [0.2, 0.25) is 0 Å². The van der Waals surface area contributed by atoms with Gasteiger partial charge in [0.15, 0.2) is 0 Å². The van der Waals surface area contributed by atoms with Gasteiger partial charge in [-0.2, -0.15) is 0 Å². The van der Waals surface area contributed by atoms with E-state index >= 15 is 0 Å². The molecule has 0 unspecified atom stereocenters. The summed E-state index contributed by atoms with van der Waals surface area (Å²) in [5.41, 5.74) is 16.6. The third-order valence-electron chi connectivity index (χ3n) is 15.2. The second-order valence-corrected chi connectivity index (χ2v) is 18.0. The van der Waals surface area contributed by atoms with Gasteiger partial charge in [0.1, 0.15) is 0 Å². The van der Waals surface area contributed by atoms with Crippen LogP contribution in [0.1, 0.15) is 43.2 Å². The van der Waals surface area contributed by atoms with Crippen molar-refractivity contribution in [1.82, 2.24) is 0 Å². The normalized spacial score (nSPS) is 22.6. The van der Waals surface area contributed by atoms with Crippen LogP contribution in [0, 0.1) is 23.7 Å². The van der Waals surface area contributed by atoms with Gasteiger partial charge in [-0.25, -0.2) is 0 Å². The molecule has 0 nitrogen and oxygen atoms in total. The standard InChI is InChI=1S/C58H44/c1-2-10-38(11-3-1)39-18-20-40(21-19-39)41-22-24-42(25-23-41)56-48-14-6-8-16-50(48)57(51-17-9-7-15-49(51)56)45-26-27-54-52(34-45)53-33-43-12-4-5-13-44(43)35-55(53)58(54)46-29-36-28-37(31-46)32-47(58)30-36/h1-27,33-37,46-47H,28-32H2. The van der Waals surface area contributed by atoms with Gasteiger partial charge < -0.3 is 0 Å². The van der Waals surface area contributed by atoms with Crippen molar-refractivity contribution in [3.8, 4) is 55.6 Å². The van der Waals surface area contributed by atoms with Crippen molar-refractivity contribution in [3.63, 3.8) is 0 Å².